The number of nitrogens with one attached hydrogen (secondary N) is 1. The number of nitrogens with zero attached hydrogens (tertiary/aromatic N) is 1. The van der Waals surface area contributed by atoms with Crippen molar-refractivity contribution in [3.05, 3.63) is 10.7 Å². The first-order valence-corrected chi connectivity index (χ1v) is 7.91. The molecule has 17 heavy (non-hydrogen) atoms. The lowest BCUT2D eigenvalue weighted by atomic mass is 10.0. The highest BCUT2D eigenvalue weighted by atomic mass is 35.5. The van der Waals surface area contributed by atoms with Crippen LogP contribution in [0.15, 0.2) is 10.4 Å². The summed E-state index contributed by atoms with van der Waals surface area (Å²) in [5.74, 6) is 0. The molecule has 0 spiro atoms. The summed E-state index contributed by atoms with van der Waals surface area (Å²) in [6.07, 6.45) is 4.40. The van der Waals surface area contributed by atoms with Crippen LogP contribution in [0.5, 0.6) is 0 Å². The van der Waals surface area contributed by atoms with E-state index in [1.165, 1.54) is 6.20 Å². The number of thiazole rings is 1. The van der Waals surface area contributed by atoms with Gasteiger partial charge in [-0.05, 0) is 12.8 Å². The molecule has 0 unspecified atom stereocenters. The highest BCUT2D eigenvalue weighted by Crippen LogP contribution is 2.32. The molecule has 1 aromatic heterocycles. The van der Waals surface area contributed by atoms with Gasteiger partial charge in [-0.1, -0.05) is 35.8 Å². The van der Waals surface area contributed by atoms with Gasteiger partial charge in [-0.15, -0.1) is 0 Å². The van der Waals surface area contributed by atoms with Crippen molar-refractivity contribution in [1.29, 1.82) is 0 Å². The predicted octanol–water partition coefficient (Wildman–Crippen LogP) is 1.38. The minimum Gasteiger partial charge on any atom is -0.394 e. The first-order valence-electron chi connectivity index (χ1n) is 5.24. The zero-order valence-electron chi connectivity index (χ0n) is 9.02. The van der Waals surface area contributed by atoms with Crippen molar-refractivity contribution >= 4 is 33.0 Å². The van der Waals surface area contributed by atoms with Gasteiger partial charge in [-0.3, -0.25) is 0 Å². The van der Waals surface area contributed by atoms with Crippen LogP contribution in [0.3, 0.4) is 0 Å². The van der Waals surface area contributed by atoms with Crippen LogP contribution in [0.4, 0.5) is 0 Å². The lowest BCUT2D eigenvalue weighted by molar-refractivity contribution is 0.185. The number of hydrogen-bond donors (Lipinski definition) is 2. The van der Waals surface area contributed by atoms with Gasteiger partial charge >= 0.3 is 0 Å². The maximum atomic E-state index is 12.1. The minimum absolute atomic E-state index is 0.0854. The second-order valence-electron chi connectivity index (χ2n) is 4.18. The Morgan fingerprint density at radius 3 is 2.65 bits per heavy atom. The molecule has 0 aliphatic heterocycles. The molecule has 2 rings (SSSR count). The first kappa shape index (κ1) is 13.2. The largest absolute Gasteiger partial charge is 0.394 e. The van der Waals surface area contributed by atoms with Crippen LogP contribution in [0.2, 0.25) is 4.47 Å². The summed E-state index contributed by atoms with van der Waals surface area (Å²) in [6.45, 7) is -0.182. The first-order chi connectivity index (χ1) is 7.97. The van der Waals surface area contributed by atoms with Crippen LogP contribution in [-0.2, 0) is 10.0 Å². The zero-order valence-corrected chi connectivity index (χ0v) is 11.4. The van der Waals surface area contributed by atoms with Gasteiger partial charge in [0.05, 0.1) is 18.3 Å². The summed E-state index contributed by atoms with van der Waals surface area (Å²) in [5, 5.41) is 9.37. The fraction of sp³-hybridized carbons (Fsp3) is 0.667. The van der Waals surface area contributed by atoms with E-state index in [-0.39, 0.29) is 15.3 Å². The van der Waals surface area contributed by atoms with Crippen LogP contribution in [0, 0.1) is 0 Å². The second-order valence-corrected chi connectivity index (χ2v) is 7.71. The van der Waals surface area contributed by atoms with E-state index >= 15 is 0 Å². The third-order valence-corrected chi connectivity index (χ3v) is 6.09. The average molecular weight is 297 g/mol. The summed E-state index contributed by atoms with van der Waals surface area (Å²) in [4.78, 5) is 3.71. The fourth-order valence-electron chi connectivity index (χ4n) is 2.04. The van der Waals surface area contributed by atoms with E-state index in [4.69, 9.17) is 11.6 Å². The summed E-state index contributed by atoms with van der Waals surface area (Å²) in [7, 11) is -3.63. The number of hydrogen-bond acceptors (Lipinski definition) is 5. The molecule has 2 N–H and O–H groups in total. The van der Waals surface area contributed by atoms with Crippen LogP contribution in [0.1, 0.15) is 25.7 Å². The lowest BCUT2D eigenvalue weighted by Gasteiger charge is -2.26. The number of rotatable bonds is 4. The van der Waals surface area contributed by atoms with Crippen molar-refractivity contribution in [2.24, 2.45) is 0 Å². The van der Waals surface area contributed by atoms with E-state index in [0.717, 1.165) is 24.2 Å². The highest BCUT2D eigenvalue weighted by molar-refractivity contribution is 7.91. The molecule has 1 heterocycles. The van der Waals surface area contributed by atoms with E-state index < -0.39 is 15.6 Å². The maximum Gasteiger partial charge on any atom is 0.252 e. The van der Waals surface area contributed by atoms with Crippen LogP contribution in [0.25, 0.3) is 0 Å². The van der Waals surface area contributed by atoms with E-state index in [1.807, 2.05) is 0 Å². The summed E-state index contributed by atoms with van der Waals surface area (Å²) >= 11 is 6.53. The topological polar surface area (TPSA) is 79.3 Å². The van der Waals surface area contributed by atoms with Gasteiger partial charge in [-0.25, -0.2) is 18.1 Å². The van der Waals surface area contributed by atoms with Crippen molar-refractivity contribution in [3.8, 4) is 0 Å². The van der Waals surface area contributed by atoms with Crippen molar-refractivity contribution in [3.63, 3.8) is 0 Å². The third kappa shape index (κ3) is 2.79. The summed E-state index contributed by atoms with van der Waals surface area (Å²) in [5.41, 5.74) is -0.713. The zero-order chi connectivity index (χ0) is 12.5. The average Bonchev–Trinajstić information content (AvgIpc) is 2.87. The van der Waals surface area contributed by atoms with Gasteiger partial charge in [-0.2, -0.15) is 0 Å². The van der Waals surface area contributed by atoms with E-state index in [9.17, 15) is 13.5 Å². The van der Waals surface area contributed by atoms with Crippen molar-refractivity contribution in [2.75, 3.05) is 6.61 Å². The Morgan fingerprint density at radius 1 is 1.53 bits per heavy atom. The molecule has 0 saturated heterocycles. The number of aliphatic hydroxyl groups is 1. The molecule has 0 aromatic carbocycles. The Kier molecular flexibility index (Phi) is 3.74. The molecular weight excluding hydrogens is 284 g/mol. The minimum atomic E-state index is -3.63. The lowest BCUT2D eigenvalue weighted by Crippen LogP contribution is -2.48. The van der Waals surface area contributed by atoms with Gasteiger partial charge in [0.15, 0.2) is 8.68 Å². The molecule has 5 nitrogen and oxygen atoms in total. The molecular formula is C9H13ClN2O3S2. The Labute approximate surface area is 109 Å². The van der Waals surface area contributed by atoms with Crippen molar-refractivity contribution < 1.29 is 13.5 Å². The molecule has 1 aliphatic rings. The molecule has 1 fully saturated rings. The van der Waals surface area contributed by atoms with Gasteiger partial charge in [0.25, 0.3) is 10.0 Å². The van der Waals surface area contributed by atoms with Crippen molar-refractivity contribution in [1.82, 2.24) is 9.71 Å². The molecule has 96 valence electrons. The number of aromatic nitrogens is 1. The molecule has 1 aromatic rings. The third-order valence-electron chi connectivity index (χ3n) is 2.94. The van der Waals surface area contributed by atoms with E-state index in [0.29, 0.717) is 12.8 Å². The molecule has 0 amide bonds. The normalized spacial score (nSPS) is 19.6. The Hall–Kier alpha value is -0.210. The van der Waals surface area contributed by atoms with Crippen LogP contribution in [-0.4, -0.2) is 30.7 Å². The summed E-state index contributed by atoms with van der Waals surface area (Å²) < 4.78 is 27.0. The maximum absolute atomic E-state index is 12.1. The fourth-order valence-corrected chi connectivity index (χ4v) is 4.79. The van der Waals surface area contributed by atoms with Crippen LogP contribution >= 0.6 is 22.9 Å². The molecule has 0 radical (unpaired) electrons. The van der Waals surface area contributed by atoms with Crippen molar-refractivity contribution in [2.45, 2.75) is 35.4 Å². The van der Waals surface area contributed by atoms with Gasteiger partial charge in [0, 0.05) is 0 Å². The summed E-state index contributed by atoms with van der Waals surface area (Å²) in [6, 6.07) is 0. The Bertz CT molecular complexity index is 494. The molecule has 1 aliphatic carbocycles. The van der Waals surface area contributed by atoms with Gasteiger partial charge in [0.2, 0.25) is 0 Å². The molecule has 0 atom stereocenters. The van der Waals surface area contributed by atoms with Gasteiger partial charge in [0.1, 0.15) is 0 Å². The molecule has 0 bridgehead atoms. The smallest absolute Gasteiger partial charge is 0.252 e. The monoisotopic (exact) mass is 296 g/mol. The standard InChI is InChI=1S/C9H13ClN2O3S2/c10-8-11-5-7(16-8)17(14,15)12-9(6-13)3-1-2-4-9/h5,12-13H,1-4,6H2. The SMILES string of the molecule is O=S(=O)(NC1(CO)CCCC1)c1cnc(Cl)s1. The van der Waals surface area contributed by atoms with E-state index in [2.05, 4.69) is 9.71 Å². The predicted molar refractivity (Wildman–Crippen MR) is 65.7 cm³/mol. The highest BCUT2D eigenvalue weighted by Gasteiger charge is 2.38. The number of sulfonamides is 1. The molecule has 8 heteroatoms. The Balaban J connectivity index is 2.22. The second kappa shape index (κ2) is 4.81. The number of halogens is 1. The quantitative estimate of drug-likeness (QED) is 0.880. The number of aliphatic hydroxyl groups excluding tert-OH is 1. The Morgan fingerprint density at radius 2 is 2.18 bits per heavy atom. The van der Waals surface area contributed by atoms with Gasteiger partial charge < -0.3 is 5.11 Å². The van der Waals surface area contributed by atoms with Crippen LogP contribution < -0.4 is 4.72 Å². The van der Waals surface area contributed by atoms with E-state index in [1.54, 1.807) is 0 Å². The molecule has 1 saturated carbocycles.